The van der Waals surface area contributed by atoms with Gasteiger partial charge in [0.15, 0.2) is 5.13 Å². The van der Waals surface area contributed by atoms with E-state index < -0.39 is 0 Å². The monoisotopic (exact) mass is 372 g/mol. The Balaban J connectivity index is 1.69. The number of hydrogen-bond donors (Lipinski definition) is 1. The SMILES string of the molecule is Cc1ccc2sc(NC(=O)C(c3ccccc3)c3ccccc3)nc2c1C. The summed E-state index contributed by atoms with van der Waals surface area (Å²) in [5.74, 6) is -0.442. The van der Waals surface area contributed by atoms with Crippen LogP contribution in [-0.4, -0.2) is 10.9 Å². The smallest absolute Gasteiger partial charge is 0.238 e. The Labute approximate surface area is 162 Å². The van der Waals surface area contributed by atoms with Gasteiger partial charge in [0.05, 0.1) is 16.1 Å². The molecule has 0 saturated carbocycles. The summed E-state index contributed by atoms with van der Waals surface area (Å²) in [7, 11) is 0. The Morgan fingerprint density at radius 2 is 1.48 bits per heavy atom. The number of fused-ring (bicyclic) bond motifs is 1. The van der Waals surface area contributed by atoms with E-state index in [9.17, 15) is 4.79 Å². The standard InChI is InChI=1S/C23H20N2OS/c1-15-13-14-19-21(16(15)2)24-23(27-19)25-22(26)20(17-9-5-3-6-10-17)18-11-7-4-8-12-18/h3-14,20H,1-2H3,(H,24,25,26). The summed E-state index contributed by atoms with van der Waals surface area (Å²) in [5, 5.41) is 3.68. The van der Waals surface area contributed by atoms with Crippen molar-refractivity contribution in [1.29, 1.82) is 0 Å². The van der Waals surface area contributed by atoms with Crippen LogP contribution >= 0.6 is 11.3 Å². The van der Waals surface area contributed by atoms with E-state index in [2.05, 4.69) is 36.3 Å². The van der Waals surface area contributed by atoms with Crippen LogP contribution in [0.3, 0.4) is 0 Å². The highest BCUT2D eigenvalue weighted by Crippen LogP contribution is 2.31. The molecule has 27 heavy (non-hydrogen) atoms. The first-order valence-electron chi connectivity index (χ1n) is 8.91. The van der Waals surface area contributed by atoms with E-state index in [1.807, 2.05) is 60.7 Å². The van der Waals surface area contributed by atoms with Gasteiger partial charge in [0.25, 0.3) is 0 Å². The van der Waals surface area contributed by atoms with E-state index in [1.54, 1.807) is 0 Å². The Hall–Kier alpha value is -2.98. The van der Waals surface area contributed by atoms with Crippen LogP contribution in [0, 0.1) is 13.8 Å². The number of aromatic nitrogens is 1. The lowest BCUT2D eigenvalue weighted by molar-refractivity contribution is -0.116. The molecule has 0 bridgehead atoms. The number of thiazole rings is 1. The summed E-state index contributed by atoms with van der Waals surface area (Å²) < 4.78 is 1.09. The van der Waals surface area contributed by atoms with Crippen molar-refractivity contribution in [2.24, 2.45) is 0 Å². The fourth-order valence-electron chi connectivity index (χ4n) is 3.24. The van der Waals surface area contributed by atoms with E-state index >= 15 is 0 Å². The zero-order valence-corrected chi connectivity index (χ0v) is 16.1. The third-order valence-electron chi connectivity index (χ3n) is 4.84. The molecule has 3 aromatic carbocycles. The highest BCUT2D eigenvalue weighted by molar-refractivity contribution is 7.22. The fraction of sp³-hybridized carbons (Fsp3) is 0.130. The van der Waals surface area contributed by atoms with Crippen LogP contribution < -0.4 is 5.32 Å². The third-order valence-corrected chi connectivity index (χ3v) is 5.78. The average molecular weight is 372 g/mol. The van der Waals surface area contributed by atoms with Crippen molar-refractivity contribution in [3.63, 3.8) is 0 Å². The predicted molar refractivity (Wildman–Crippen MR) is 112 cm³/mol. The number of aryl methyl sites for hydroxylation is 2. The lowest BCUT2D eigenvalue weighted by atomic mass is 9.90. The second-order valence-electron chi connectivity index (χ2n) is 6.62. The zero-order valence-electron chi connectivity index (χ0n) is 15.3. The van der Waals surface area contributed by atoms with Crippen LogP contribution in [-0.2, 0) is 4.79 Å². The molecule has 0 aliphatic carbocycles. The van der Waals surface area contributed by atoms with Crippen molar-refractivity contribution >= 4 is 32.6 Å². The van der Waals surface area contributed by atoms with Crippen molar-refractivity contribution in [2.75, 3.05) is 5.32 Å². The number of carbonyl (C=O) groups is 1. The highest BCUT2D eigenvalue weighted by Gasteiger charge is 2.23. The largest absolute Gasteiger partial charge is 0.301 e. The van der Waals surface area contributed by atoms with Gasteiger partial charge in [0, 0.05) is 0 Å². The molecular formula is C23H20N2OS. The summed E-state index contributed by atoms with van der Waals surface area (Å²) in [6.45, 7) is 4.15. The van der Waals surface area contributed by atoms with Gasteiger partial charge < -0.3 is 5.32 Å². The molecule has 0 radical (unpaired) electrons. The average Bonchev–Trinajstić information content (AvgIpc) is 3.10. The lowest BCUT2D eigenvalue weighted by Crippen LogP contribution is -2.22. The molecule has 0 spiro atoms. The van der Waals surface area contributed by atoms with Gasteiger partial charge >= 0.3 is 0 Å². The minimum absolute atomic E-state index is 0.0687. The summed E-state index contributed by atoms with van der Waals surface area (Å²) >= 11 is 1.51. The maximum Gasteiger partial charge on any atom is 0.238 e. The zero-order chi connectivity index (χ0) is 18.8. The molecule has 0 saturated heterocycles. The molecular weight excluding hydrogens is 352 g/mol. The van der Waals surface area contributed by atoms with E-state index in [1.165, 1.54) is 16.9 Å². The Morgan fingerprint density at radius 3 is 2.07 bits per heavy atom. The van der Waals surface area contributed by atoms with E-state index in [4.69, 9.17) is 0 Å². The molecule has 4 aromatic rings. The number of rotatable bonds is 4. The van der Waals surface area contributed by atoms with Crippen LogP contribution in [0.25, 0.3) is 10.2 Å². The number of benzene rings is 3. The summed E-state index contributed by atoms with van der Waals surface area (Å²) in [6, 6.07) is 23.9. The van der Waals surface area contributed by atoms with Gasteiger partial charge in [-0.15, -0.1) is 0 Å². The van der Waals surface area contributed by atoms with Gasteiger partial charge in [-0.1, -0.05) is 78.1 Å². The molecule has 0 aliphatic heterocycles. The van der Waals surface area contributed by atoms with Crippen LogP contribution in [0.2, 0.25) is 0 Å². The first-order valence-corrected chi connectivity index (χ1v) is 9.72. The first kappa shape index (κ1) is 17.4. The minimum atomic E-state index is -0.373. The van der Waals surface area contributed by atoms with Crippen LogP contribution in [0.4, 0.5) is 5.13 Å². The van der Waals surface area contributed by atoms with Crippen molar-refractivity contribution in [2.45, 2.75) is 19.8 Å². The molecule has 0 fully saturated rings. The van der Waals surface area contributed by atoms with Crippen LogP contribution in [0.1, 0.15) is 28.2 Å². The summed E-state index contributed by atoms with van der Waals surface area (Å²) in [6.07, 6.45) is 0. The predicted octanol–water partition coefficient (Wildman–Crippen LogP) is 5.68. The van der Waals surface area contributed by atoms with Gasteiger partial charge in [0.2, 0.25) is 5.91 Å². The van der Waals surface area contributed by atoms with Gasteiger partial charge in [-0.25, -0.2) is 4.98 Å². The van der Waals surface area contributed by atoms with Crippen molar-refractivity contribution in [1.82, 2.24) is 4.98 Å². The number of nitrogens with one attached hydrogen (secondary N) is 1. The van der Waals surface area contributed by atoms with Gasteiger partial charge in [0.1, 0.15) is 0 Å². The Morgan fingerprint density at radius 1 is 0.889 bits per heavy atom. The molecule has 1 aromatic heterocycles. The number of carbonyl (C=O) groups excluding carboxylic acids is 1. The molecule has 1 heterocycles. The molecule has 0 atom stereocenters. The molecule has 4 heteroatoms. The molecule has 3 nitrogen and oxygen atoms in total. The van der Waals surface area contributed by atoms with Crippen LogP contribution in [0.5, 0.6) is 0 Å². The normalized spacial score (nSPS) is 11.1. The second kappa shape index (κ2) is 7.33. The van der Waals surface area contributed by atoms with Gasteiger partial charge in [-0.3, -0.25) is 4.79 Å². The van der Waals surface area contributed by atoms with Crippen molar-refractivity contribution in [3.8, 4) is 0 Å². The number of anilines is 1. The number of amides is 1. The molecule has 4 rings (SSSR count). The van der Waals surface area contributed by atoms with Crippen LogP contribution in [0.15, 0.2) is 72.8 Å². The molecule has 0 aliphatic rings. The number of hydrogen-bond acceptors (Lipinski definition) is 3. The van der Waals surface area contributed by atoms with E-state index in [-0.39, 0.29) is 11.8 Å². The quantitative estimate of drug-likeness (QED) is 0.500. The maximum absolute atomic E-state index is 13.2. The maximum atomic E-state index is 13.2. The molecule has 134 valence electrons. The number of nitrogens with zero attached hydrogens (tertiary/aromatic N) is 1. The summed E-state index contributed by atoms with van der Waals surface area (Å²) in [4.78, 5) is 17.9. The molecule has 1 N–H and O–H groups in total. The third kappa shape index (κ3) is 3.49. The van der Waals surface area contributed by atoms with Gasteiger partial charge in [-0.2, -0.15) is 0 Å². The van der Waals surface area contributed by atoms with E-state index in [0.717, 1.165) is 26.9 Å². The highest BCUT2D eigenvalue weighted by atomic mass is 32.1. The first-order chi connectivity index (χ1) is 13.1. The molecule has 1 amide bonds. The van der Waals surface area contributed by atoms with Gasteiger partial charge in [-0.05, 0) is 42.2 Å². The molecule has 0 unspecified atom stereocenters. The van der Waals surface area contributed by atoms with Crippen molar-refractivity contribution < 1.29 is 4.79 Å². The Kier molecular flexibility index (Phi) is 4.73. The topological polar surface area (TPSA) is 42.0 Å². The lowest BCUT2D eigenvalue weighted by Gasteiger charge is -2.16. The second-order valence-corrected chi connectivity index (χ2v) is 7.65. The van der Waals surface area contributed by atoms with Crippen molar-refractivity contribution in [3.05, 3.63) is 95.1 Å². The minimum Gasteiger partial charge on any atom is -0.301 e. The fourth-order valence-corrected chi connectivity index (χ4v) is 4.17. The summed E-state index contributed by atoms with van der Waals surface area (Å²) in [5.41, 5.74) is 5.26. The Bertz CT molecular complexity index is 1050. The van der Waals surface area contributed by atoms with E-state index in [0.29, 0.717) is 5.13 Å².